The molecule has 0 radical (unpaired) electrons. The van der Waals surface area contributed by atoms with Gasteiger partial charge in [0.15, 0.2) is 0 Å². The Morgan fingerprint density at radius 1 is 1.47 bits per heavy atom. The van der Waals surface area contributed by atoms with Crippen molar-refractivity contribution in [3.05, 3.63) is 26.6 Å². The smallest absolute Gasteiger partial charge is 0.418 e. The highest BCUT2D eigenvalue weighted by Gasteiger charge is 2.36. The van der Waals surface area contributed by atoms with Gasteiger partial charge in [-0.15, -0.1) is 0 Å². The van der Waals surface area contributed by atoms with Crippen LogP contribution >= 0.6 is 22.6 Å². The van der Waals surface area contributed by atoms with Crippen LogP contribution in [0, 0.1) is 3.57 Å². The zero-order valence-corrected chi connectivity index (χ0v) is 11.6. The van der Waals surface area contributed by atoms with Crippen LogP contribution in [0.15, 0.2) is 6.20 Å². The molecule has 1 heterocycles. The SMILES string of the molecule is COC(=O)Cc1c(C(F)F)ncc(C(F)(F)F)c1I. The molecule has 1 aromatic rings. The van der Waals surface area contributed by atoms with Crippen LogP contribution in [0.25, 0.3) is 0 Å². The highest BCUT2D eigenvalue weighted by molar-refractivity contribution is 14.1. The second-order valence-corrected chi connectivity index (χ2v) is 4.48. The zero-order valence-electron chi connectivity index (χ0n) is 9.39. The molecule has 1 aromatic heterocycles. The van der Waals surface area contributed by atoms with Gasteiger partial charge in [-0.25, -0.2) is 8.78 Å². The van der Waals surface area contributed by atoms with Gasteiger partial charge in [0.1, 0.15) is 5.69 Å². The highest BCUT2D eigenvalue weighted by Crippen LogP contribution is 2.36. The molecule has 0 unspecified atom stereocenters. The Kier molecular flexibility index (Phi) is 5.04. The molecule has 19 heavy (non-hydrogen) atoms. The van der Waals surface area contributed by atoms with Crippen molar-refractivity contribution in [3.8, 4) is 0 Å². The molecule has 0 aromatic carbocycles. The van der Waals surface area contributed by atoms with Crippen molar-refractivity contribution in [1.29, 1.82) is 0 Å². The second-order valence-electron chi connectivity index (χ2n) is 3.40. The maximum Gasteiger partial charge on any atom is 0.418 e. The third-order valence-electron chi connectivity index (χ3n) is 2.20. The quantitative estimate of drug-likeness (QED) is 0.448. The van der Waals surface area contributed by atoms with Crippen LogP contribution in [0.4, 0.5) is 22.0 Å². The van der Waals surface area contributed by atoms with Gasteiger partial charge < -0.3 is 4.74 Å². The Morgan fingerprint density at radius 2 is 2.05 bits per heavy atom. The number of carbonyl (C=O) groups excluding carboxylic acids is 1. The molecule has 0 spiro atoms. The number of methoxy groups -OCH3 is 1. The predicted molar refractivity (Wildman–Crippen MR) is 62.6 cm³/mol. The minimum atomic E-state index is -4.73. The molecule has 0 aliphatic heterocycles. The number of hydrogen-bond donors (Lipinski definition) is 0. The van der Waals surface area contributed by atoms with Gasteiger partial charge in [0.05, 0.1) is 19.1 Å². The molecule has 1 rings (SSSR count). The fourth-order valence-electron chi connectivity index (χ4n) is 1.31. The van der Waals surface area contributed by atoms with E-state index in [0.717, 1.165) is 7.11 Å². The van der Waals surface area contributed by atoms with E-state index < -0.39 is 45.4 Å². The van der Waals surface area contributed by atoms with Gasteiger partial charge in [-0.3, -0.25) is 9.78 Å². The molecule has 0 amide bonds. The molecule has 9 heteroatoms. The third-order valence-corrected chi connectivity index (χ3v) is 3.44. The van der Waals surface area contributed by atoms with Crippen LogP contribution in [-0.4, -0.2) is 18.1 Å². The van der Waals surface area contributed by atoms with Crippen LogP contribution in [0.5, 0.6) is 0 Å². The number of hydrogen-bond acceptors (Lipinski definition) is 3. The molecule has 0 atom stereocenters. The van der Waals surface area contributed by atoms with Crippen molar-refractivity contribution in [2.24, 2.45) is 0 Å². The van der Waals surface area contributed by atoms with Gasteiger partial charge in [0, 0.05) is 15.3 Å². The Hall–Kier alpha value is -1.00. The van der Waals surface area contributed by atoms with E-state index in [-0.39, 0.29) is 0 Å². The van der Waals surface area contributed by atoms with Gasteiger partial charge in [-0.1, -0.05) is 0 Å². The number of ether oxygens (including phenoxy) is 1. The monoisotopic (exact) mass is 395 g/mol. The van der Waals surface area contributed by atoms with Crippen molar-refractivity contribution in [2.45, 2.75) is 19.0 Å². The van der Waals surface area contributed by atoms with Crippen LogP contribution in [0.2, 0.25) is 0 Å². The first-order chi connectivity index (χ1) is 8.68. The number of carbonyl (C=O) groups is 1. The third kappa shape index (κ3) is 3.74. The summed E-state index contributed by atoms with van der Waals surface area (Å²) in [6.07, 6.45) is -8.15. The Morgan fingerprint density at radius 3 is 2.47 bits per heavy atom. The first-order valence-corrected chi connectivity index (χ1v) is 5.85. The maximum atomic E-state index is 12.7. The summed E-state index contributed by atoms with van der Waals surface area (Å²) in [6.45, 7) is 0. The minimum absolute atomic E-state index is 0.337. The lowest BCUT2D eigenvalue weighted by molar-refractivity contribution is -0.141. The van der Waals surface area contributed by atoms with Crippen molar-refractivity contribution < 1.29 is 31.5 Å². The number of esters is 1. The fourth-order valence-corrected chi connectivity index (χ4v) is 2.23. The number of halogens is 6. The van der Waals surface area contributed by atoms with Crippen LogP contribution < -0.4 is 0 Å². The lowest BCUT2D eigenvalue weighted by atomic mass is 10.1. The molecular formula is C10H7F5INO2. The number of rotatable bonds is 3. The molecule has 3 nitrogen and oxygen atoms in total. The molecule has 0 N–H and O–H groups in total. The summed E-state index contributed by atoms with van der Waals surface area (Å²) in [5.41, 5.74) is -2.46. The van der Waals surface area contributed by atoms with Crippen molar-refractivity contribution in [3.63, 3.8) is 0 Å². The summed E-state index contributed by atoms with van der Waals surface area (Å²) < 4.78 is 67.1. The first-order valence-electron chi connectivity index (χ1n) is 4.78. The number of aromatic nitrogens is 1. The molecule has 0 saturated carbocycles. The summed E-state index contributed by atoms with van der Waals surface area (Å²) >= 11 is 1.27. The van der Waals surface area contributed by atoms with E-state index in [0.29, 0.717) is 6.20 Å². The van der Waals surface area contributed by atoms with Crippen LogP contribution in [0.3, 0.4) is 0 Å². The lowest BCUT2D eigenvalue weighted by Crippen LogP contribution is -2.16. The van der Waals surface area contributed by atoms with Crippen LogP contribution in [0.1, 0.15) is 23.2 Å². The molecule has 0 aliphatic carbocycles. The zero-order chi connectivity index (χ0) is 14.8. The molecule has 0 aliphatic rings. The second kappa shape index (κ2) is 5.97. The molecular weight excluding hydrogens is 388 g/mol. The van der Waals surface area contributed by atoms with E-state index in [4.69, 9.17) is 0 Å². The average Bonchev–Trinajstić information content (AvgIpc) is 2.29. The van der Waals surface area contributed by atoms with Gasteiger partial charge in [0.2, 0.25) is 0 Å². The number of pyridine rings is 1. The van der Waals surface area contributed by atoms with Gasteiger partial charge in [-0.05, 0) is 22.6 Å². The normalized spacial score (nSPS) is 11.8. The number of alkyl halides is 5. The molecule has 106 valence electrons. The summed E-state index contributed by atoms with van der Waals surface area (Å²) in [6, 6.07) is 0. The van der Waals surface area contributed by atoms with Crippen molar-refractivity contribution in [1.82, 2.24) is 4.98 Å². The summed E-state index contributed by atoms with van der Waals surface area (Å²) in [5, 5.41) is 0. The Labute approximate surface area is 118 Å². The molecule has 0 saturated heterocycles. The van der Waals surface area contributed by atoms with Gasteiger partial charge >= 0.3 is 12.1 Å². The topological polar surface area (TPSA) is 39.2 Å². The van der Waals surface area contributed by atoms with E-state index in [2.05, 4.69) is 9.72 Å². The van der Waals surface area contributed by atoms with Crippen LogP contribution in [-0.2, 0) is 22.1 Å². The fraction of sp³-hybridized carbons (Fsp3) is 0.400. The summed E-state index contributed by atoms with van der Waals surface area (Å²) in [4.78, 5) is 14.2. The van der Waals surface area contributed by atoms with Crippen molar-refractivity contribution in [2.75, 3.05) is 7.11 Å². The predicted octanol–water partition coefficient (Wildman–Crippen LogP) is 3.36. The van der Waals surface area contributed by atoms with E-state index >= 15 is 0 Å². The summed E-state index contributed by atoms with van der Waals surface area (Å²) in [7, 11) is 1.01. The van der Waals surface area contributed by atoms with Gasteiger partial charge in [0.25, 0.3) is 6.43 Å². The Balaban J connectivity index is 3.40. The van der Waals surface area contributed by atoms with E-state index in [1.807, 2.05) is 0 Å². The average molecular weight is 395 g/mol. The maximum absolute atomic E-state index is 12.7. The minimum Gasteiger partial charge on any atom is -0.469 e. The van der Waals surface area contributed by atoms with E-state index in [9.17, 15) is 26.7 Å². The summed E-state index contributed by atoms with van der Waals surface area (Å²) in [5.74, 6) is -0.916. The highest BCUT2D eigenvalue weighted by atomic mass is 127. The molecule has 0 bridgehead atoms. The van der Waals surface area contributed by atoms with E-state index in [1.165, 1.54) is 22.6 Å². The Bertz CT molecular complexity index is 490. The van der Waals surface area contributed by atoms with Gasteiger partial charge in [-0.2, -0.15) is 13.2 Å². The lowest BCUT2D eigenvalue weighted by Gasteiger charge is -2.15. The van der Waals surface area contributed by atoms with E-state index in [1.54, 1.807) is 0 Å². The number of nitrogens with zero attached hydrogens (tertiary/aromatic N) is 1. The first kappa shape index (κ1) is 16.1. The standard InChI is InChI=1S/C10H7F5INO2/c1-19-6(18)2-4-7(16)5(10(13,14)15)3-17-8(4)9(11)12/h3,9H,2H2,1H3. The van der Waals surface area contributed by atoms with Crippen molar-refractivity contribution >= 4 is 28.6 Å². The molecule has 0 fully saturated rings. The largest absolute Gasteiger partial charge is 0.469 e.